The van der Waals surface area contributed by atoms with Crippen LogP contribution in [-0.2, 0) is 4.79 Å². The molecule has 29 heavy (non-hydrogen) atoms. The van der Waals surface area contributed by atoms with Gasteiger partial charge >= 0.3 is 0 Å². The molecule has 0 heterocycles. The van der Waals surface area contributed by atoms with E-state index in [1.807, 2.05) is 0 Å². The normalized spacial score (nSPS) is 10.8. The summed E-state index contributed by atoms with van der Waals surface area (Å²) in [4.78, 5) is 9.00. The van der Waals surface area contributed by atoms with E-state index in [1.54, 1.807) is 0 Å². The van der Waals surface area contributed by atoms with Crippen molar-refractivity contribution in [2.75, 3.05) is 19.7 Å². The molecule has 176 valence electrons. The number of hydrogen-bond donors (Lipinski definition) is 5. The van der Waals surface area contributed by atoms with E-state index in [1.165, 1.54) is 89.9 Å². The predicted octanol–water partition coefficient (Wildman–Crippen LogP) is 4.60. The fourth-order valence-electron chi connectivity index (χ4n) is 3.26. The molecule has 0 aromatic heterocycles. The molecule has 0 amide bonds. The number of unbranched alkanes of at least 4 members (excludes halogenated alkanes) is 15. The maximum Gasteiger partial charge on any atom is 0.300 e. The number of hydrogen-bond acceptors (Lipinski definition) is 5. The van der Waals surface area contributed by atoms with Gasteiger partial charge < -0.3 is 25.7 Å². The first kappa shape index (κ1) is 30.5. The lowest BCUT2D eigenvalue weighted by Gasteiger charge is -2.05. The zero-order chi connectivity index (χ0) is 22.0. The largest absolute Gasteiger partial charge is 0.481 e. The highest BCUT2D eigenvalue weighted by Crippen LogP contribution is 2.14. The monoisotopic (exact) mass is 419 g/mol. The van der Waals surface area contributed by atoms with Gasteiger partial charge in [0.05, 0.1) is 6.61 Å². The topological polar surface area (TPSA) is 110 Å². The van der Waals surface area contributed by atoms with E-state index in [4.69, 9.17) is 25.2 Å². The molecule has 5 N–H and O–H groups in total. The van der Waals surface area contributed by atoms with Crippen LogP contribution >= 0.6 is 0 Å². The van der Waals surface area contributed by atoms with Crippen LogP contribution in [0.4, 0.5) is 0 Å². The molecule has 0 bridgehead atoms. The van der Waals surface area contributed by atoms with Crippen molar-refractivity contribution in [2.45, 2.75) is 122 Å². The third-order valence-corrected chi connectivity index (χ3v) is 4.85. The van der Waals surface area contributed by atoms with Crippen LogP contribution in [0.2, 0.25) is 0 Å². The third kappa shape index (κ3) is 38.5. The molecule has 0 aliphatic carbocycles. The lowest BCUT2D eigenvalue weighted by molar-refractivity contribution is -0.134. The van der Waals surface area contributed by atoms with Gasteiger partial charge in [0.25, 0.3) is 5.97 Å². The molecule has 0 aliphatic heterocycles. The van der Waals surface area contributed by atoms with Crippen LogP contribution < -0.4 is 5.32 Å². The van der Waals surface area contributed by atoms with Gasteiger partial charge in [0.1, 0.15) is 0 Å². The van der Waals surface area contributed by atoms with Gasteiger partial charge in [-0.25, -0.2) is 0 Å². The molecule has 0 saturated carbocycles. The predicted molar refractivity (Wildman–Crippen MR) is 120 cm³/mol. The van der Waals surface area contributed by atoms with E-state index in [9.17, 15) is 0 Å². The van der Waals surface area contributed by atoms with Crippen molar-refractivity contribution >= 4 is 5.97 Å². The zero-order valence-electron chi connectivity index (χ0n) is 18.9. The maximum absolute atomic E-state index is 9.00. The summed E-state index contributed by atoms with van der Waals surface area (Å²) in [6.07, 6.45) is 20.4. The molecule has 0 spiro atoms. The molecule has 0 rings (SSSR count). The Hall–Kier alpha value is -0.690. The molecule has 0 fully saturated rings. The SMILES string of the molecule is CC(=O)O.OCCNCCCCCCCCCCCCCCCCCCC(O)O. The van der Waals surface area contributed by atoms with Crippen LogP contribution in [0.5, 0.6) is 0 Å². The minimum atomic E-state index is -1.11. The number of nitrogens with one attached hydrogen (secondary N) is 1. The van der Waals surface area contributed by atoms with E-state index in [2.05, 4.69) is 5.32 Å². The van der Waals surface area contributed by atoms with Crippen molar-refractivity contribution in [2.24, 2.45) is 0 Å². The molecule has 6 heteroatoms. The molecular formula is C23H49NO5. The Morgan fingerprint density at radius 1 is 0.655 bits per heavy atom. The number of carboxylic acids is 1. The zero-order valence-corrected chi connectivity index (χ0v) is 18.9. The number of carboxylic acid groups (broad SMARTS) is 1. The van der Waals surface area contributed by atoms with Gasteiger partial charge in [-0.1, -0.05) is 89.9 Å². The Kier molecular flexibility index (Phi) is 28.7. The van der Waals surface area contributed by atoms with Crippen LogP contribution in [0.15, 0.2) is 0 Å². The Labute approximate surface area is 179 Å². The highest BCUT2D eigenvalue weighted by atomic mass is 16.5. The molecule has 0 aliphatic rings. The first-order chi connectivity index (χ1) is 14.0. The summed E-state index contributed by atoms with van der Waals surface area (Å²) in [5.74, 6) is -0.833. The second-order valence-corrected chi connectivity index (χ2v) is 7.92. The van der Waals surface area contributed by atoms with Crippen LogP contribution in [0.3, 0.4) is 0 Å². The van der Waals surface area contributed by atoms with Crippen LogP contribution in [-0.4, -0.2) is 52.4 Å². The summed E-state index contributed by atoms with van der Waals surface area (Å²) in [5, 5.41) is 36.8. The second-order valence-electron chi connectivity index (χ2n) is 7.92. The summed E-state index contributed by atoms with van der Waals surface area (Å²) >= 11 is 0. The number of aliphatic carboxylic acids is 1. The number of aliphatic hydroxyl groups is 3. The Bertz CT molecular complexity index is 310. The lowest BCUT2D eigenvalue weighted by Crippen LogP contribution is -2.19. The summed E-state index contributed by atoms with van der Waals surface area (Å²) in [6, 6.07) is 0. The number of aliphatic hydroxyl groups excluding tert-OH is 2. The van der Waals surface area contributed by atoms with Gasteiger partial charge in [-0.05, 0) is 25.8 Å². The first-order valence-corrected chi connectivity index (χ1v) is 11.9. The summed E-state index contributed by atoms with van der Waals surface area (Å²) in [6.45, 7) is 3.11. The van der Waals surface area contributed by atoms with Crippen molar-refractivity contribution in [3.63, 3.8) is 0 Å². The highest BCUT2D eigenvalue weighted by Gasteiger charge is 1.97. The molecule has 0 saturated heterocycles. The van der Waals surface area contributed by atoms with E-state index < -0.39 is 12.3 Å². The van der Waals surface area contributed by atoms with Crippen LogP contribution in [0.1, 0.15) is 116 Å². The van der Waals surface area contributed by atoms with E-state index in [-0.39, 0.29) is 6.61 Å². The van der Waals surface area contributed by atoms with Gasteiger partial charge in [-0.15, -0.1) is 0 Å². The van der Waals surface area contributed by atoms with Crippen molar-refractivity contribution in [3.05, 3.63) is 0 Å². The number of carbonyl (C=O) groups is 1. The summed E-state index contributed by atoms with van der Waals surface area (Å²) < 4.78 is 0. The Morgan fingerprint density at radius 2 is 0.966 bits per heavy atom. The molecule has 6 nitrogen and oxygen atoms in total. The average Bonchev–Trinajstić information content (AvgIpc) is 2.66. The fourth-order valence-corrected chi connectivity index (χ4v) is 3.26. The quantitative estimate of drug-likeness (QED) is 0.137. The molecule has 0 aromatic carbocycles. The van der Waals surface area contributed by atoms with Gasteiger partial charge in [0.15, 0.2) is 6.29 Å². The van der Waals surface area contributed by atoms with Crippen molar-refractivity contribution < 1.29 is 25.2 Å². The van der Waals surface area contributed by atoms with Gasteiger partial charge in [0, 0.05) is 13.5 Å². The number of rotatable bonds is 21. The van der Waals surface area contributed by atoms with E-state index >= 15 is 0 Å². The highest BCUT2D eigenvalue weighted by molar-refractivity contribution is 5.62. The van der Waals surface area contributed by atoms with Gasteiger partial charge in [-0.2, -0.15) is 0 Å². The van der Waals surface area contributed by atoms with Crippen LogP contribution in [0.25, 0.3) is 0 Å². The Balaban J connectivity index is 0. The molecular weight excluding hydrogens is 370 g/mol. The van der Waals surface area contributed by atoms with Gasteiger partial charge in [0.2, 0.25) is 0 Å². The van der Waals surface area contributed by atoms with Gasteiger partial charge in [-0.3, -0.25) is 4.79 Å². The summed E-state index contributed by atoms with van der Waals surface area (Å²) in [5.41, 5.74) is 0. The lowest BCUT2D eigenvalue weighted by atomic mass is 10.0. The van der Waals surface area contributed by atoms with Crippen molar-refractivity contribution in [3.8, 4) is 0 Å². The van der Waals surface area contributed by atoms with Crippen molar-refractivity contribution in [1.29, 1.82) is 0 Å². The smallest absolute Gasteiger partial charge is 0.300 e. The average molecular weight is 420 g/mol. The first-order valence-electron chi connectivity index (χ1n) is 11.9. The van der Waals surface area contributed by atoms with Crippen molar-refractivity contribution in [1.82, 2.24) is 5.32 Å². The molecule has 0 atom stereocenters. The fraction of sp³-hybridized carbons (Fsp3) is 0.957. The van der Waals surface area contributed by atoms with E-state index in [0.717, 1.165) is 32.9 Å². The third-order valence-electron chi connectivity index (χ3n) is 4.85. The maximum atomic E-state index is 9.00. The Morgan fingerprint density at radius 3 is 1.28 bits per heavy atom. The van der Waals surface area contributed by atoms with Crippen LogP contribution in [0, 0.1) is 0 Å². The summed E-state index contributed by atoms with van der Waals surface area (Å²) in [7, 11) is 0. The van der Waals surface area contributed by atoms with E-state index in [0.29, 0.717) is 6.42 Å². The second kappa shape index (κ2) is 27.3. The standard InChI is InChI=1S/C21H45NO3.C2H4O2/c23-20-19-22-18-16-14-12-10-8-6-4-2-1-3-5-7-9-11-13-15-17-21(24)25;1-2(3)4/h21-25H,1-20H2;1H3,(H,3,4). The molecule has 0 aromatic rings. The minimum Gasteiger partial charge on any atom is -0.481 e. The molecule has 0 unspecified atom stereocenters. The molecule has 0 radical (unpaired) electrons. The minimum absolute atomic E-state index is 0.247.